The lowest BCUT2D eigenvalue weighted by Gasteiger charge is -2.07. The van der Waals surface area contributed by atoms with Gasteiger partial charge < -0.3 is 4.74 Å². The van der Waals surface area contributed by atoms with Gasteiger partial charge in [-0.25, -0.2) is 22.9 Å². The van der Waals surface area contributed by atoms with Crippen LogP contribution in [-0.2, 0) is 14.8 Å². The van der Waals surface area contributed by atoms with Crippen molar-refractivity contribution < 1.29 is 23.2 Å². The van der Waals surface area contributed by atoms with E-state index in [1.165, 1.54) is 49.3 Å². The van der Waals surface area contributed by atoms with E-state index in [0.29, 0.717) is 11.4 Å². The predicted octanol–water partition coefficient (Wildman–Crippen LogP) is 2.31. The first-order valence-corrected chi connectivity index (χ1v) is 9.54. The fourth-order valence-corrected chi connectivity index (χ4v) is 3.67. The summed E-state index contributed by atoms with van der Waals surface area (Å²) in [6, 6.07) is 11.5. The number of ether oxygens (including phenoxy) is 1. The van der Waals surface area contributed by atoms with Crippen LogP contribution in [0.15, 0.2) is 72.0 Å². The third-order valence-corrected chi connectivity index (χ3v) is 5.59. The number of hydrogen-bond acceptors (Lipinski definition) is 6. The monoisotopic (exact) mass is 399 g/mol. The maximum absolute atomic E-state index is 12.8. The van der Waals surface area contributed by atoms with Crippen molar-refractivity contribution in [1.29, 1.82) is 0 Å². The minimum atomic E-state index is -3.77. The highest BCUT2D eigenvalue weighted by Gasteiger charge is 2.16. The smallest absolute Gasteiger partial charge is 0.267 e. The molecule has 0 saturated carbocycles. The Hall–Kier alpha value is -3.43. The van der Waals surface area contributed by atoms with Crippen LogP contribution >= 0.6 is 0 Å². The number of hydrogen-bond donors (Lipinski definition) is 2. The molecule has 2 aromatic heterocycles. The van der Waals surface area contributed by atoms with E-state index in [0.717, 1.165) is 21.2 Å². The Labute approximate surface area is 161 Å². The first kappa shape index (κ1) is 19.3. The van der Waals surface area contributed by atoms with Crippen molar-refractivity contribution in [2.24, 2.45) is 0 Å². The molecular formula is C19H17N3O5S. The number of hydroxylamine groups is 1. The number of carbonyl (C=O) groups excluding carboxylic acids is 1. The van der Waals surface area contributed by atoms with Crippen molar-refractivity contribution in [1.82, 2.24) is 14.4 Å². The van der Waals surface area contributed by atoms with E-state index in [9.17, 15) is 13.2 Å². The Morgan fingerprint density at radius 3 is 2.46 bits per heavy atom. The van der Waals surface area contributed by atoms with Gasteiger partial charge in [-0.1, -0.05) is 12.1 Å². The van der Waals surface area contributed by atoms with Gasteiger partial charge in [-0.3, -0.25) is 10.0 Å². The molecule has 2 N–H and O–H groups in total. The molecule has 8 nitrogen and oxygen atoms in total. The Balaban J connectivity index is 1.83. The molecule has 2 heterocycles. The Morgan fingerprint density at radius 1 is 1.14 bits per heavy atom. The molecule has 0 aliphatic rings. The van der Waals surface area contributed by atoms with Gasteiger partial charge in [0.1, 0.15) is 0 Å². The molecule has 3 rings (SSSR count). The largest absolute Gasteiger partial charge is 0.481 e. The van der Waals surface area contributed by atoms with Crippen molar-refractivity contribution in [2.75, 3.05) is 7.11 Å². The molecule has 3 aromatic rings. The number of nitrogens with one attached hydrogen (secondary N) is 1. The number of amides is 1. The van der Waals surface area contributed by atoms with Crippen molar-refractivity contribution >= 4 is 22.0 Å². The number of aromatic nitrogens is 2. The number of nitrogens with zero attached hydrogens (tertiary/aromatic N) is 2. The topological polar surface area (TPSA) is 111 Å². The molecule has 0 fully saturated rings. The zero-order valence-corrected chi connectivity index (χ0v) is 15.6. The maximum Gasteiger partial charge on any atom is 0.267 e. The average molecular weight is 399 g/mol. The van der Waals surface area contributed by atoms with Crippen LogP contribution < -0.4 is 10.2 Å². The number of rotatable bonds is 6. The summed E-state index contributed by atoms with van der Waals surface area (Å²) in [6.07, 6.45) is 6.88. The second-order valence-electron chi connectivity index (χ2n) is 5.70. The molecule has 0 unspecified atom stereocenters. The van der Waals surface area contributed by atoms with Gasteiger partial charge >= 0.3 is 0 Å². The molecule has 0 spiro atoms. The van der Waals surface area contributed by atoms with Crippen LogP contribution in [0.2, 0.25) is 0 Å². The Morgan fingerprint density at radius 2 is 1.86 bits per heavy atom. The molecule has 0 atom stereocenters. The first-order chi connectivity index (χ1) is 13.4. The standard InChI is InChI=1S/C19H17N3O5S/c1-27-19-9-5-16(12-20-19)15-3-6-17(7-4-15)28(25,26)22-11-10-14(13-22)2-8-18(23)21-24/h2-13,24H,1H3,(H,21,23). The quantitative estimate of drug-likeness (QED) is 0.374. The molecule has 1 aromatic carbocycles. The highest BCUT2D eigenvalue weighted by Crippen LogP contribution is 2.23. The molecule has 0 saturated heterocycles. The summed E-state index contributed by atoms with van der Waals surface area (Å²) in [5, 5.41) is 8.46. The summed E-state index contributed by atoms with van der Waals surface area (Å²) < 4.78 is 31.6. The van der Waals surface area contributed by atoms with Crippen molar-refractivity contribution in [3.8, 4) is 17.0 Å². The van der Waals surface area contributed by atoms with E-state index in [-0.39, 0.29) is 4.90 Å². The number of pyridine rings is 1. The summed E-state index contributed by atoms with van der Waals surface area (Å²) in [7, 11) is -2.24. The van der Waals surface area contributed by atoms with Crippen LogP contribution in [0.3, 0.4) is 0 Å². The van der Waals surface area contributed by atoms with Crippen molar-refractivity contribution in [2.45, 2.75) is 4.90 Å². The van der Waals surface area contributed by atoms with E-state index in [4.69, 9.17) is 9.94 Å². The maximum atomic E-state index is 12.8. The fraction of sp³-hybridized carbons (Fsp3) is 0.0526. The van der Waals surface area contributed by atoms with Gasteiger partial charge in [-0.2, -0.15) is 0 Å². The van der Waals surface area contributed by atoms with E-state index in [1.807, 2.05) is 6.07 Å². The minimum Gasteiger partial charge on any atom is -0.481 e. The van der Waals surface area contributed by atoms with Crippen molar-refractivity contribution in [3.05, 3.63) is 72.7 Å². The van der Waals surface area contributed by atoms with Gasteiger partial charge in [0, 0.05) is 36.3 Å². The predicted molar refractivity (Wildman–Crippen MR) is 102 cm³/mol. The summed E-state index contributed by atoms with van der Waals surface area (Å²) >= 11 is 0. The molecule has 0 radical (unpaired) electrons. The SMILES string of the molecule is COc1ccc(-c2ccc(S(=O)(=O)n3ccc(C=CC(=O)NO)c3)cc2)cn1. The van der Waals surface area contributed by atoms with Gasteiger partial charge in [-0.15, -0.1) is 0 Å². The molecule has 1 amide bonds. The fourth-order valence-electron chi connectivity index (χ4n) is 2.46. The normalized spacial score (nSPS) is 11.5. The first-order valence-electron chi connectivity index (χ1n) is 8.10. The molecule has 0 bridgehead atoms. The van der Waals surface area contributed by atoms with E-state index in [2.05, 4.69) is 4.98 Å². The van der Waals surface area contributed by atoms with Crippen LogP contribution in [0.1, 0.15) is 5.56 Å². The molecule has 0 aliphatic carbocycles. The van der Waals surface area contributed by atoms with E-state index in [1.54, 1.807) is 24.4 Å². The van der Waals surface area contributed by atoms with Gasteiger partial charge in [-0.05, 0) is 41.5 Å². The summed E-state index contributed by atoms with van der Waals surface area (Å²) in [4.78, 5) is 15.3. The average Bonchev–Trinajstić information content (AvgIpc) is 3.22. The minimum absolute atomic E-state index is 0.122. The summed E-state index contributed by atoms with van der Waals surface area (Å²) in [6.45, 7) is 0. The molecular weight excluding hydrogens is 382 g/mol. The lowest BCUT2D eigenvalue weighted by atomic mass is 10.1. The molecule has 144 valence electrons. The number of carbonyl (C=O) groups is 1. The third-order valence-electron chi connectivity index (χ3n) is 3.94. The summed E-state index contributed by atoms with van der Waals surface area (Å²) in [5.41, 5.74) is 3.61. The van der Waals surface area contributed by atoms with Crippen molar-refractivity contribution in [3.63, 3.8) is 0 Å². The molecule has 9 heteroatoms. The number of benzene rings is 1. The number of methoxy groups -OCH3 is 1. The highest BCUT2D eigenvalue weighted by atomic mass is 32.2. The zero-order chi connectivity index (χ0) is 20.1. The third kappa shape index (κ3) is 4.11. The lowest BCUT2D eigenvalue weighted by molar-refractivity contribution is -0.124. The summed E-state index contributed by atoms with van der Waals surface area (Å²) in [5.74, 6) is -0.212. The van der Waals surface area contributed by atoms with E-state index >= 15 is 0 Å². The van der Waals surface area contributed by atoms with Crippen LogP contribution in [0.4, 0.5) is 0 Å². The van der Waals surface area contributed by atoms with Crippen LogP contribution in [0, 0.1) is 0 Å². The Bertz CT molecular complexity index is 1100. The lowest BCUT2D eigenvalue weighted by Crippen LogP contribution is -2.14. The second-order valence-corrected chi connectivity index (χ2v) is 7.55. The van der Waals surface area contributed by atoms with Crippen LogP contribution in [0.5, 0.6) is 5.88 Å². The Kier molecular flexibility index (Phi) is 5.57. The van der Waals surface area contributed by atoms with Gasteiger partial charge in [0.2, 0.25) is 5.88 Å². The van der Waals surface area contributed by atoms with Gasteiger partial charge in [0.05, 0.1) is 12.0 Å². The molecule has 28 heavy (non-hydrogen) atoms. The van der Waals surface area contributed by atoms with Gasteiger partial charge in [0.15, 0.2) is 0 Å². The van der Waals surface area contributed by atoms with Crippen LogP contribution in [-0.4, -0.2) is 35.6 Å². The van der Waals surface area contributed by atoms with E-state index < -0.39 is 15.9 Å². The van der Waals surface area contributed by atoms with Crippen LogP contribution in [0.25, 0.3) is 17.2 Å². The highest BCUT2D eigenvalue weighted by molar-refractivity contribution is 7.90. The molecule has 0 aliphatic heterocycles. The second kappa shape index (κ2) is 8.07. The van der Waals surface area contributed by atoms with Gasteiger partial charge in [0.25, 0.3) is 15.9 Å². The zero-order valence-electron chi connectivity index (χ0n) is 14.8.